The van der Waals surface area contributed by atoms with Gasteiger partial charge in [-0.2, -0.15) is 0 Å². The Morgan fingerprint density at radius 2 is 1.70 bits per heavy atom. The van der Waals surface area contributed by atoms with Crippen molar-refractivity contribution in [2.24, 2.45) is 11.7 Å². The Morgan fingerprint density at radius 3 is 2.42 bits per heavy atom. The van der Waals surface area contributed by atoms with Gasteiger partial charge in [-0.05, 0) is 56.6 Å². The second kappa shape index (κ2) is 10.4. The fourth-order valence-corrected chi connectivity index (χ4v) is 4.88. The second-order valence-electron chi connectivity index (χ2n) is 9.06. The Balaban J connectivity index is 1.39. The summed E-state index contributed by atoms with van der Waals surface area (Å²) in [7, 11) is 0. The number of nitrogens with zero attached hydrogens (tertiary/aromatic N) is 2. The first-order valence-corrected chi connectivity index (χ1v) is 11.9. The highest BCUT2D eigenvalue weighted by atomic mass is 16.2. The summed E-state index contributed by atoms with van der Waals surface area (Å²) in [5.41, 5.74) is 7.39. The van der Waals surface area contributed by atoms with Crippen molar-refractivity contribution in [2.75, 3.05) is 44.2 Å². The van der Waals surface area contributed by atoms with Crippen molar-refractivity contribution in [3.63, 3.8) is 0 Å². The molecule has 33 heavy (non-hydrogen) atoms. The molecular weight excluding hydrogens is 420 g/mol. The van der Waals surface area contributed by atoms with Crippen LogP contribution in [0, 0.1) is 5.92 Å². The number of allylic oxidation sites excluding steroid dienone is 1. The highest BCUT2D eigenvalue weighted by molar-refractivity contribution is 6.26. The number of hydrogen-bond donors (Lipinski definition) is 2. The van der Waals surface area contributed by atoms with Crippen LogP contribution in [0.3, 0.4) is 0 Å². The number of nitrogens with one attached hydrogen (secondary N) is 1. The molecule has 176 valence electrons. The SMILES string of the molecule is NCCCCCCN1CCN(c2ccc3c(c2)C(=O)C=C(C2CCC(=O)NC2=O)C3=O)CC1. The molecule has 2 aliphatic heterocycles. The van der Waals surface area contributed by atoms with Gasteiger partial charge < -0.3 is 10.6 Å². The van der Waals surface area contributed by atoms with Crippen LogP contribution in [-0.2, 0) is 9.59 Å². The van der Waals surface area contributed by atoms with Crippen molar-refractivity contribution in [1.82, 2.24) is 10.2 Å². The van der Waals surface area contributed by atoms with Crippen LogP contribution in [0.4, 0.5) is 5.69 Å². The van der Waals surface area contributed by atoms with Crippen molar-refractivity contribution in [3.8, 4) is 0 Å². The zero-order chi connectivity index (χ0) is 23.4. The Hall–Kier alpha value is -2.84. The summed E-state index contributed by atoms with van der Waals surface area (Å²) in [4.78, 5) is 54.3. The van der Waals surface area contributed by atoms with Gasteiger partial charge in [0.25, 0.3) is 0 Å². The first-order chi connectivity index (χ1) is 16.0. The van der Waals surface area contributed by atoms with E-state index in [1.807, 2.05) is 6.07 Å². The highest BCUT2D eigenvalue weighted by Gasteiger charge is 2.37. The van der Waals surface area contributed by atoms with E-state index in [1.54, 1.807) is 12.1 Å². The number of fused-ring (bicyclic) bond motifs is 1. The number of nitrogens with two attached hydrogens (primary N) is 1. The first-order valence-electron chi connectivity index (χ1n) is 11.9. The lowest BCUT2D eigenvalue weighted by molar-refractivity contribution is -0.135. The van der Waals surface area contributed by atoms with E-state index in [1.165, 1.54) is 25.3 Å². The van der Waals surface area contributed by atoms with Gasteiger partial charge >= 0.3 is 0 Å². The van der Waals surface area contributed by atoms with Crippen molar-refractivity contribution in [2.45, 2.75) is 38.5 Å². The Bertz CT molecular complexity index is 979. The molecule has 0 aromatic heterocycles. The smallest absolute Gasteiger partial charge is 0.234 e. The molecule has 2 fully saturated rings. The number of Topliss-reactive ketones (excluding diaryl/α,β-unsaturated/α-hetero) is 1. The van der Waals surface area contributed by atoms with Gasteiger partial charge in [-0.1, -0.05) is 12.8 Å². The van der Waals surface area contributed by atoms with Gasteiger partial charge in [-0.3, -0.25) is 29.4 Å². The number of ketones is 2. The van der Waals surface area contributed by atoms with Gasteiger partial charge in [-0.25, -0.2) is 0 Å². The average Bonchev–Trinajstić information content (AvgIpc) is 2.82. The summed E-state index contributed by atoms with van der Waals surface area (Å²) in [5.74, 6) is -2.16. The van der Waals surface area contributed by atoms with Crippen molar-refractivity contribution in [1.29, 1.82) is 0 Å². The maximum atomic E-state index is 13.1. The number of benzene rings is 1. The third-order valence-electron chi connectivity index (χ3n) is 6.84. The number of carbonyl (C=O) groups excluding carboxylic acids is 4. The van der Waals surface area contributed by atoms with Crippen LogP contribution in [0.15, 0.2) is 29.8 Å². The molecular formula is C25H32N4O4. The fraction of sp³-hybridized carbons (Fsp3) is 0.520. The van der Waals surface area contributed by atoms with E-state index in [0.717, 1.165) is 51.4 Å². The summed E-state index contributed by atoms with van der Waals surface area (Å²) in [6, 6.07) is 5.39. The third-order valence-corrected chi connectivity index (χ3v) is 6.84. The van der Waals surface area contributed by atoms with Gasteiger partial charge in [0, 0.05) is 55.0 Å². The number of imide groups is 1. The Labute approximate surface area is 194 Å². The minimum atomic E-state index is -0.754. The number of anilines is 1. The standard InChI is InChI=1S/C25H32N4O4/c26-9-3-1-2-4-10-28-11-13-29(14-12-28)17-5-6-18-20(15-17)22(30)16-21(24(18)32)19-7-8-23(31)27-25(19)33/h5-6,15-16,19H,1-4,7-14,26H2,(H,27,31,33). The number of hydrogen-bond acceptors (Lipinski definition) is 7. The van der Waals surface area contributed by atoms with Gasteiger partial charge in [0.1, 0.15) is 0 Å². The second-order valence-corrected chi connectivity index (χ2v) is 9.06. The molecule has 8 nitrogen and oxygen atoms in total. The van der Waals surface area contributed by atoms with Crippen LogP contribution in [0.25, 0.3) is 0 Å². The summed E-state index contributed by atoms with van der Waals surface area (Å²) in [6.45, 7) is 5.56. The average molecular weight is 453 g/mol. The molecule has 2 amide bonds. The van der Waals surface area contributed by atoms with E-state index in [4.69, 9.17) is 5.73 Å². The van der Waals surface area contributed by atoms with Gasteiger partial charge in [-0.15, -0.1) is 0 Å². The maximum Gasteiger partial charge on any atom is 0.234 e. The lowest BCUT2D eigenvalue weighted by Gasteiger charge is -2.36. The van der Waals surface area contributed by atoms with E-state index in [-0.39, 0.29) is 35.9 Å². The van der Waals surface area contributed by atoms with Gasteiger partial charge in [0.2, 0.25) is 11.8 Å². The zero-order valence-corrected chi connectivity index (χ0v) is 19.0. The molecule has 1 atom stereocenters. The van der Waals surface area contributed by atoms with E-state index >= 15 is 0 Å². The van der Waals surface area contributed by atoms with Crippen LogP contribution in [0.5, 0.6) is 0 Å². The van der Waals surface area contributed by atoms with E-state index in [9.17, 15) is 19.2 Å². The summed E-state index contributed by atoms with van der Waals surface area (Å²) >= 11 is 0. The van der Waals surface area contributed by atoms with Gasteiger partial charge in [0.15, 0.2) is 11.6 Å². The molecule has 1 unspecified atom stereocenters. The number of piperidine rings is 1. The Morgan fingerprint density at radius 1 is 0.939 bits per heavy atom. The van der Waals surface area contributed by atoms with Crippen LogP contribution in [0.1, 0.15) is 59.2 Å². The third kappa shape index (κ3) is 5.23. The van der Waals surface area contributed by atoms with E-state index in [0.29, 0.717) is 11.1 Å². The highest BCUT2D eigenvalue weighted by Crippen LogP contribution is 2.32. The fourth-order valence-electron chi connectivity index (χ4n) is 4.88. The van der Waals surface area contributed by atoms with Crippen LogP contribution in [0.2, 0.25) is 0 Å². The predicted octanol–water partition coefficient (Wildman–Crippen LogP) is 1.69. The largest absolute Gasteiger partial charge is 0.369 e. The number of carbonyl (C=O) groups is 4. The lowest BCUT2D eigenvalue weighted by Crippen LogP contribution is -2.46. The number of unbranched alkanes of at least 4 members (excludes halogenated alkanes) is 3. The monoisotopic (exact) mass is 452 g/mol. The molecule has 2 heterocycles. The molecule has 4 rings (SSSR count). The van der Waals surface area contributed by atoms with E-state index < -0.39 is 11.8 Å². The molecule has 3 N–H and O–H groups in total. The molecule has 2 saturated heterocycles. The van der Waals surface area contributed by atoms with Crippen LogP contribution in [-0.4, -0.2) is 67.5 Å². The van der Waals surface area contributed by atoms with Crippen molar-refractivity contribution < 1.29 is 19.2 Å². The minimum Gasteiger partial charge on any atom is -0.369 e. The molecule has 0 bridgehead atoms. The molecule has 0 spiro atoms. The number of amides is 2. The number of rotatable bonds is 8. The lowest BCUT2D eigenvalue weighted by atomic mass is 9.80. The van der Waals surface area contributed by atoms with E-state index in [2.05, 4.69) is 15.1 Å². The Kier molecular flexibility index (Phi) is 7.35. The summed E-state index contributed by atoms with van der Waals surface area (Å²) in [6.07, 6.45) is 6.40. The van der Waals surface area contributed by atoms with Crippen LogP contribution < -0.4 is 16.0 Å². The minimum absolute atomic E-state index is 0.167. The van der Waals surface area contributed by atoms with Gasteiger partial charge in [0.05, 0.1) is 5.92 Å². The van der Waals surface area contributed by atoms with Crippen molar-refractivity contribution >= 4 is 29.1 Å². The van der Waals surface area contributed by atoms with Crippen LogP contribution >= 0.6 is 0 Å². The first kappa shape index (κ1) is 23.3. The molecule has 0 radical (unpaired) electrons. The quantitative estimate of drug-likeness (QED) is 0.456. The van der Waals surface area contributed by atoms with Crippen molar-refractivity contribution in [3.05, 3.63) is 41.0 Å². The predicted molar refractivity (Wildman–Crippen MR) is 125 cm³/mol. The molecule has 0 saturated carbocycles. The number of piperazine rings is 1. The molecule has 8 heteroatoms. The molecule has 1 aromatic carbocycles. The molecule has 1 aromatic rings. The molecule has 3 aliphatic rings. The normalized spacial score (nSPS) is 21.7. The topological polar surface area (TPSA) is 113 Å². The summed E-state index contributed by atoms with van der Waals surface area (Å²) in [5, 5.41) is 2.27. The summed E-state index contributed by atoms with van der Waals surface area (Å²) < 4.78 is 0. The molecule has 1 aliphatic carbocycles. The zero-order valence-electron chi connectivity index (χ0n) is 19.0. The maximum absolute atomic E-state index is 13.1.